The zero-order chi connectivity index (χ0) is 20.7. The number of carbonyl (C=O) groups is 3. The standard InChI is InChI=1S/C18H25ClN4O5/c1-4-27-18(26)13-7-9-23(10-8-13)17(25)12(2)28-16(24)11-22(3)15-6-5-14(19)20-21-15/h5-6,12-13H,4,7-11H2,1-3H3. The predicted octanol–water partition coefficient (Wildman–Crippen LogP) is 1.30. The van der Waals surface area contributed by atoms with Crippen molar-refractivity contribution in [3.8, 4) is 0 Å². The number of amides is 1. The molecule has 0 bridgehead atoms. The molecule has 1 fully saturated rings. The quantitative estimate of drug-likeness (QED) is 0.617. The topological polar surface area (TPSA) is 102 Å². The van der Waals surface area contributed by atoms with Crippen molar-refractivity contribution in [1.29, 1.82) is 0 Å². The Morgan fingerprint density at radius 3 is 2.54 bits per heavy atom. The van der Waals surface area contributed by atoms with Gasteiger partial charge in [-0.1, -0.05) is 11.6 Å². The second-order valence-corrected chi connectivity index (χ2v) is 6.94. The molecule has 1 aromatic rings. The van der Waals surface area contributed by atoms with E-state index in [-0.39, 0.29) is 29.5 Å². The van der Waals surface area contributed by atoms with Gasteiger partial charge >= 0.3 is 11.9 Å². The van der Waals surface area contributed by atoms with E-state index in [2.05, 4.69) is 10.2 Å². The van der Waals surface area contributed by atoms with Gasteiger partial charge in [0.15, 0.2) is 17.1 Å². The zero-order valence-electron chi connectivity index (χ0n) is 16.3. The maximum Gasteiger partial charge on any atom is 0.326 e. The third kappa shape index (κ3) is 6.05. The summed E-state index contributed by atoms with van der Waals surface area (Å²) in [7, 11) is 1.66. The molecule has 1 unspecified atom stereocenters. The Labute approximate surface area is 168 Å². The van der Waals surface area contributed by atoms with Crippen LogP contribution < -0.4 is 4.90 Å². The minimum absolute atomic E-state index is 0.0845. The minimum atomic E-state index is -0.906. The Morgan fingerprint density at radius 2 is 1.96 bits per heavy atom. The molecule has 1 aliphatic rings. The maximum atomic E-state index is 12.5. The van der Waals surface area contributed by atoms with Gasteiger partial charge in [-0.05, 0) is 38.8 Å². The van der Waals surface area contributed by atoms with Gasteiger partial charge in [-0.3, -0.25) is 14.4 Å². The van der Waals surface area contributed by atoms with Crippen molar-refractivity contribution in [2.45, 2.75) is 32.8 Å². The highest BCUT2D eigenvalue weighted by Gasteiger charge is 2.31. The van der Waals surface area contributed by atoms with Crippen LogP contribution in [-0.4, -0.2) is 72.3 Å². The number of rotatable bonds is 7. The summed E-state index contributed by atoms with van der Waals surface area (Å²) in [5.74, 6) is -0.772. The van der Waals surface area contributed by atoms with E-state index in [0.29, 0.717) is 38.4 Å². The predicted molar refractivity (Wildman–Crippen MR) is 102 cm³/mol. The molecule has 2 rings (SSSR count). The van der Waals surface area contributed by atoms with Crippen LogP contribution in [0.15, 0.2) is 12.1 Å². The molecule has 2 heterocycles. The van der Waals surface area contributed by atoms with E-state index in [9.17, 15) is 14.4 Å². The molecule has 0 spiro atoms. The molecule has 1 aromatic heterocycles. The summed E-state index contributed by atoms with van der Waals surface area (Å²) in [5, 5.41) is 7.85. The Hall–Kier alpha value is -2.42. The number of piperidine rings is 1. The molecule has 28 heavy (non-hydrogen) atoms. The first-order chi connectivity index (χ1) is 13.3. The molecule has 0 aliphatic carbocycles. The van der Waals surface area contributed by atoms with Crippen molar-refractivity contribution < 1.29 is 23.9 Å². The second-order valence-electron chi connectivity index (χ2n) is 6.55. The van der Waals surface area contributed by atoms with Gasteiger partial charge in [0, 0.05) is 20.1 Å². The Bertz CT molecular complexity index is 692. The fourth-order valence-corrected chi connectivity index (χ4v) is 3.03. The second kappa shape index (κ2) is 10.2. The van der Waals surface area contributed by atoms with E-state index >= 15 is 0 Å². The first kappa shape index (κ1) is 21.9. The number of likely N-dealkylation sites (tertiary alicyclic amines) is 1. The van der Waals surface area contributed by atoms with Crippen LogP contribution in [0.5, 0.6) is 0 Å². The molecule has 0 radical (unpaired) electrons. The number of carbonyl (C=O) groups excluding carboxylic acids is 3. The van der Waals surface area contributed by atoms with Crippen LogP contribution in [0.2, 0.25) is 5.15 Å². The van der Waals surface area contributed by atoms with Crippen LogP contribution in [0.3, 0.4) is 0 Å². The summed E-state index contributed by atoms with van der Waals surface area (Å²) < 4.78 is 10.3. The van der Waals surface area contributed by atoms with Gasteiger partial charge in [-0.2, -0.15) is 0 Å². The molecule has 9 nitrogen and oxygen atoms in total. The first-order valence-corrected chi connectivity index (χ1v) is 9.54. The maximum absolute atomic E-state index is 12.5. The fourth-order valence-electron chi connectivity index (χ4n) is 2.92. The normalized spacial score (nSPS) is 15.6. The average molecular weight is 413 g/mol. The lowest BCUT2D eigenvalue weighted by molar-refractivity contribution is -0.159. The van der Waals surface area contributed by atoms with Gasteiger partial charge in [0.05, 0.1) is 12.5 Å². The van der Waals surface area contributed by atoms with Crippen molar-refractivity contribution in [2.75, 3.05) is 38.2 Å². The smallest absolute Gasteiger partial charge is 0.326 e. The summed E-state index contributed by atoms with van der Waals surface area (Å²) >= 11 is 5.69. The number of hydrogen-bond acceptors (Lipinski definition) is 8. The van der Waals surface area contributed by atoms with Crippen molar-refractivity contribution in [1.82, 2.24) is 15.1 Å². The summed E-state index contributed by atoms with van der Waals surface area (Å²) in [4.78, 5) is 39.6. The molecule has 0 saturated carbocycles. The van der Waals surface area contributed by atoms with Crippen LogP contribution in [-0.2, 0) is 23.9 Å². The Balaban J connectivity index is 1.79. The molecular formula is C18H25ClN4O5. The van der Waals surface area contributed by atoms with Crippen LogP contribution in [0.1, 0.15) is 26.7 Å². The summed E-state index contributed by atoms with van der Waals surface area (Å²) in [6.45, 7) is 4.44. The SMILES string of the molecule is CCOC(=O)C1CCN(C(=O)C(C)OC(=O)CN(C)c2ccc(Cl)nn2)CC1. The lowest BCUT2D eigenvalue weighted by atomic mass is 9.97. The molecular weight excluding hydrogens is 388 g/mol. The third-order valence-electron chi connectivity index (χ3n) is 4.46. The monoisotopic (exact) mass is 412 g/mol. The molecule has 0 aromatic carbocycles. The van der Waals surface area contributed by atoms with Gasteiger partial charge in [0.2, 0.25) is 0 Å². The van der Waals surface area contributed by atoms with Crippen LogP contribution in [0.4, 0.5) is 5.82 Å². The largest absolute Gasteiger partial charge is 0.466 e. The average Bonchev–Trinajstić information content (AvgIpc) is 2.68. The van der Waals surface area contributed by atoms with Crippen molar-refractivity contribution in [3.05, 3.63) is 17.3 Å². The number of aromatic nitrogens is 2. The Morgan fingerprint density at radius 1 is 1.29 bits per heavy atom. The van der Waals surface area contributed by atoms with Crippen LogP contribution in [0, 0.1) is 5.92 Å². The number of ether oxygens (including phenoxy) is 2. The molecule has 1 atom stereocenters. The van der Waals surface area contributed by atoms with Crippen LogP contribution in [0.25, 0.3) is 0 Å². The van der Waals surface area contributed by atoms with Crippen LogP contribution >= 0.6 is 11.6 Å². The molecule has 1 aliphatic heterocycles. The van der Waals surface area contributed by atoms with E-state index in [0.717, 1.165) is 0 Å². The van der Waals surface area contributed by atoms with E-state index < -0.39 is 12.1 Å². The summed E-state index contributed by atoms with van der Waals surface area (Å²) in [6.07, 6.45) is 0.184. The summed E-state index contributed by atoms with van der Waals surface area (Å²) in [6, 6.07) is 3.20. The van der Waals surface area contributed by atoms with Gasteiger partial charge in [-0.15, -0.1) is 10.2 Å². The number of likely N-dealkylation sites (N-methyl/N-ethyl adjacent to an activating group) is 1. The molecule has 10 heteroatoms. The Kier molecular flexibility index (Phi) is 7.98. The minimum Gasteiger partial charge on any atom is -0.466 e. The molecule has 154 valence electrons. The highest BCUT2D eigenvalue weighted by Crippen LogP contribution is 2.20. The highest BCUT2D eigenvalue weighted by molar-refractivity contribution is 6.29. The van der Waals surface area contributed by atoms with Crippen molar-refractivity contribution >= 4 is 35.3 Å². The molecule has 0 N–H and O–H groups in total. The van der Waals surface area contributed by atoms with Crippen molar-refractivity contribution in [3.63, 3.8) is 0 Å². The lowest BCUT2D eigenvalue weighted by Crippen LogP contribution is -2.46. The van der Waals surface area contributed by atoms with Gasteiger partial charge in [0.25, 0.3) is 5.91 Å². The fraction of sp³-hybridized carbons (Fsp3) is 0.611. The number of halogens is 1. The molecule has 1 saturated heterocycles. The number of esters is 2. The van der Waals surface area contributed by atoms with E-state index in [1.54, 1.807) is 42.8 Å². The zero-order valence-corrected chi connectivity index (χ0v) is 17.0. The number of hydrogen-bond donors (Lipinski definition) is 0. The lowest BCUT2D eigenvalue weighted by Gasteiger charge is -2.32. The van der Waals surface area contributed by atoms with E-state index in [4.69, 9.17) is 21.1 Å². The number of anilines is 1. The van der Waals surface area contributed by atoms with Gasteiger partial charge < -0.3 is 19.3 Å². The van der Waals surface area contributed by atoms with E-state index in [1.807, 2.05) is 0 Å². The van der Waals surface area contributed by atoms with Gasteiger partial charge in [0.1, 0.15) is 6.54 Å². The van der Waals surface area contributed by atoms with Crippen molar-refractivity contribution in [2.24, 2.45) is 5.92 Å². The third-order valence-corrected chi connectivity index (χ3v) is 4.66. The molecule has 1 amide bonds. The highest BCUT2D eigenvalue weighted by atomic mass is 35.5. The van der Waals surface area contributed by atoms with E-state index in [1.165, 1.54) is 0 Å². The number of nitrogens with zero attached hydrogens (tertiary/aromatic N) is 4. The first-order valence-electron chi connectivity index (χ1n) is 9.17. The summed E-state index contributed by atoms with van der Waals surface area (Å²) in [5.41, 5.74) is 0. The van der Waals surface area contributed by atoms with Gasteiger partial charge in [-0.25, -0.2) is 0 Å².